The molecule has 0 bridgehead atoms. The molecule has 0 radical (unpaired) electrons. The van der Waals surface area contributed by atoms with Crippen LogP contribution in [0.4, 0.5) is 0 Å². The number of ether oxygens (including phenoxy) is 2. The monoisotopic (exact) mass is 329 g/mol. The van der Waals surface area contributed by atoms with Crippen LogP contribution in [-0.4, -0.2) is 41.9 Å². The Balaban J connectivity index is 1.76. The average molecular weight is 329 g/mol. The van der Waals surface area contributed by atoms with Gasteiger partial charge in [-0.05, 0) is 62.8 Å². The zero-order valence-corrected chi connectivity index (χ0v) is 14.7. The molecule has 0 atom stereocenters. The first-order valence-corrected chi connectivity index (χ1v) is 9.13. The van der Waals surface area contributed by atoms with E-state index in [0.29, 0.717) is 5.75 Å². The van der Waals surface area contributed by atoms with Crippen LogP contribution in [0, 0.1) is 0 Å². The number of phenolic OH excluding ortho intramolecular Hbond substituents is 1. The minimum atomic E-state index is -0.281. The van der Waals surface area contributed by atoms with Crippen molar-refractivity contribution >= 4 is 5.57 Å². The van der Waals surface area contributed by atoms with Crippen molar-refractivity contribution < 1.29 is 14.6 Å². The van der Waals surface area contributed by atoms with Crippen LogP contribution in [-0.2, 0) is 11.3 Å². The highest BCUT2D eigenvalue weighted by molar-refractivity contribution is 5.79. The van der Waals surface area contributed by atoms with Gasteiger partial charge in [-0.3, -0.25) is 4.90 Å². The highest BCUT2D eigenvalue weighted by Gasteiger charge is 2.37. The summed E-state index contributed by atoms with van der Waals surface area (Å²) in [6.45, 7) is 8.38. The van der Waals surface area contributed by atoms with Gasteiger partial charge in [-0.15, -0.1) is 0 Å². The molecule has 1 aromatic carbocycles. The molecule has 0 spiro atoms. The number of benzene rings is 1. The molecule has 1 N–H and O–H groups in total. The summed E-state index contributed by atoms with van der Waals surface area (Å²) in [4.78, 5) is 2.33. The molecular formula is C20H27NO3. The Morgan fingerprint density at radius 3 is 2.67 bits per heavy atom. The number of phenols is 1. The van der Waals surface area contributed by atoms with Crippen LogP contribution < -0.4 is 4.74 Å². The largest absolute Gasteiger partial charge is 0.507 e. The van der Waals surface area contributed by atoms with Crippen molar-refractivity contribution in [1.29, 1.82) is 0 Å². The van der Waals surface area contributed by atoms with Gasteiger partial charge in [0.15, 0.2) is 0 Å². The fraction of sp³-hybridized carbons (Fsp3) is 0.600. The summed E-state index contributed by atoms with van der Waals surface area (Å²) in [5.74, 6) is 1.24. The van der Waals surface area contributed by atoms with Gasteiger partial charge >= 0.3 is 0 Å². The molecule has 2 aliphatic heterocycles. The van der Waals surface area contributed by atoms with E-state index in [-0.39, 0.29) is 5.60 Å². The molecule has 2 heterocycles. The average Bonchev–Trinajstić information content (AvgIpc) is 2.58. The molecule has 4 heteroatoms. The molecule has 1 fully saturated rings. The minimum Gasteiger partial charge on any atom is -0.507 e. The first kappa shape index (κ1) is 16.0. The fourth-order valence-corrected chi connectivity index (χ4v) is 4.29. The van der Waals surface area contributed by atoms with Crippen molar-refractivity contribution in [2.24, 2.45) is 0 Å². The Morgan fingerprint density at radius 1 is 1.12 bits per heavy atom. The van der Waals surface area contributed by atoms with Gasteiger partial charge in [0, 0.05) is 25.2 Å². The fourth-order valence-electron chi connectivity index (χ4n) is 4.29. The maximum Gasteiger partial charge on any atom is 0.136 e. The van der Waals surface area contributed by atoms with Crippen molar-refractivity contribution in [3.05, 3.63) is 28.8 Å². The lowest BCUT2D eigenvalue weighted by Gasteiger charge is -2.40. The second kappa shape index (κ2) is 6.08. The predicted octanol–water partition coefficient (Wildman–Crippen LogP) is 3.72. The summed E-state index contributed by atoms with van der Waals surface area (Å²) in [6.07, 6.45) is 4.74. The van der Waals surface area contributed by atoms with Crippen LogP contribution in [0.25, 0.3) is 5.57 Å². The number of fused-ring (bicyclic) bond motifs is 2. The second-order valence-electron chi connectivity index (χ2n) is 7.61. The second-order valence-corrected chi connectivity index (χ2v) is 7.61. The maximum atomic E-state index is 10.5. The zero-order valence-electron chi connectivity index (χ0n) is 14.7. The predicted molar refractivity (Wildman–Crippen MR) is 94.3 cm³/mol. The summed E-state index contributed by atoms with van der Waals surface area (Å²) >= 11 is 0. The molecule has 4 rings (SSSR count). The van der Waals surface area contributed by atoms with Gasteiger partial charge in [-0.25, -0.2) is 0 Å². The molecule has 0 amide bonds. The molecule has 4 nitrogen and oxygen atoms in total. The quantitative estimate of drug-likeness (QED) is 0.898. The SMILES string of the molecule is CC1(C)Oc2c(ccc(O)c2CN2CCOCC2)C2=C1CCCC2. The van der Waals surface area contributed by atoms with Crippen LogP contribution in [0.1, 0.15) is 50.7 Å². The highest BCUT2D eigenvalue weighted by atomic mass is 16.5. The molecule has 1 aromatic rings. The van der Waals surface area contributed by atoms with Gasteiger partial charge in [-0.2, -0.15) is 0 Å². The maximum absolute atomic E-state index is 10.5. The van der Waals surface area contributed by atoms with E-state index in [9.17, 15) is 5.11 Å². The molecule has 24 heavy (non-hydrogen) atoms. The lowest BCUT2D eigenvalue weighted by Crippen LogP contribution is -2.38. The van der Waals surface area contributed by atoms with Gasteiger partial charge in [0.25, 0.3) is 0 Å². The van der Waals surface area contributed by atoms with Crippen LogP contribution in [0.5, 0.6) is 11.5 Å². The first-order chi connectivity index (χ1) is 11.6. The Morgan fingerprint density at radius 2 is 1.88 bits per heavy atom. The molecule has 1 saturated heterocycles. The topological polar surface area (TPSA) is 41.9 Å². The van der Waals surface area contributed by atoms with Crippen molar-refractivity contribution in [3.63, 3.8) is 0 Å². The summed E-state index contributed by atoms with van der Waals surface area (Å²) in [5.41, 5.74) is 4.75. The number of hydrogen-bond donors (Lipinski definition) is 1. The van der Waals surface area contributed by atoms with Gasteiger partial charge < -0.3 is 14.6 Å². The molecule has 1 aliphatic carbocycles. The van der Waals surface area contributed by atoms with Crippen LogP contribution in [0.2, 0.25) is 0 Å². The number of hydrogen-bond acceptors (Lipinski definition) is 4. The third kappa shape index (κ3) is 2.72. The van der Waals surface area contributed by atoms with Gasteiger partial charge in [-0.1, -0.05) is 0 Å². The number of aromatic hydroxyl groups is 1. The molecule has 0 aromatic heterocycles. The number of rotatable bonds is 2. The van der Waals surface area contributed by atoms with E-state index >= 15 is 0 Å². The summed E-state index contributed by atoms with van der Waals surface area (Å²) < 4.78 is 11.9. The van der Waals surface area contributed by atoms with Crippen LogP contribution in [0.3, 0.4) is 0 Å². The minimum absolute atomic E-state index is 0.281. The first-order valence-electron chi connectivity index (χ1n) is 9.13. The number of nitrogens with zero attached hydrogens (tertiary/aromatic N) is 1. The Labute approximate surface area is 144 Å². The van der Waals surface area contributed by atoms with E-state index in [1.54, 1.807) is 0 Å². The molecule has 0 unspecified atom stereocenters. The van der Waals surface area contributed by atoms with Crippen molar-refractivity contribution in [2.45, 2.75) is 51.7 Å². The van der Waals surface area contributed by atoms with E-state index in [4.69, 9.17) is 9.47 Å². The third-order valence-electron chi connectivity index (χ3n) is 5.60. The summed E-state index contributed by atoms with van der Waals surface area (Å²) in [5, 5.41) is 10.5. The summed E-state index contributed by atoms with van der Waals surface area (Å²) in [6, 6.07) is 3.89. The van der Waals surface area contributed by atoms with Gasteiger partial charge in [0.2, 0.25) is 0 Å². The third-order valence-corrected chi connectivity index (χ3v) is 5.60. The lowest BCUT2D eigenvalue weighted by atomic mass is 9.77. The van der Waals surface area contributed by atoms with Crippen molar-refractivity contribution in [1.82, 2.24) is 4.90 Å². The van der Waals surface area contributed by atoms with Gasteiger partial charge in [0.1, 0.15) is 17.1 Å². The lowest BCUT2D eigenvalue weighted by molar-refractivity contribution is 0.0328. The standard InChI is InChI=1S/C20H27NO3/c1-20(2)17-6-4-3-5-14(17)15-7-8-18(22)16(19(15)24-20)13-21-9-11-23-12-10-21/h7-8,22H,3-6,9-13H2,1-2H3. The summed E-state index contributed by atoms with van der Waals surface area (Å²) in [7, 11) is 0. The zero-order chi connectivity index (χ0) is 16.7. The Bertz CT molecular complexity index is 672. The highest BCUT2D eigenvalue weighted by Crippen LogP contribution is 2.49. The molecule has 0 saturated carbocycles. The van der Waals surface area contributed by atoms with E-state index in [1.165, 1.54) is 29.6 Å². The molecular weight excluding hydrogens is 302 g/mol. The smallest absolute Gasteiger partial charge is 0.136 e. The Kier molecular flexibility index (Phi) is 4.05. The number of allylic oxidation sites excluding steroid dienone is 1. The molecule has 130 valence electrons. The van der Waals surface area contributed by atoms with Crippen LogP contribution in [0.15, 0.2) is 17.7 Å². The van der Waals surface area contributed by atoms with E-state index in [2.05, 4.69) is 18.7 Å². The normalized spacial score (nSPS) is 23.4. The van der Waals surface area contributed by atoms with Crippen LogP contribution >= 0.6 is 0 Å². The van der Waals surface area contributed by atoms with E-state index in [1.807, 2.05) is 12.1 Å². The van der Waals surface area contributed by atoms with E-state index in [0.717, 1.165) is 57.0 Å². The molecule has 3 aliphatic rings. The van der Waals surface area contributed by atoms with Gasteiger partial charge in [0.05, 0.1) is 18.8 Å². The Hall–Kier alpha value is -1.52. The number of morpholine rings is 1. The van der Waals surface area contributed by atoms with Crippen molar-refractivity contribution in [2.75, 3.05) is 26.3 Å². The van der Waals surface area contributed by atoms with Crippen molar-refractivity contribution in [3.8, 4) is 11.5 Å². The van der Waals surface area contributed by atoms with E-state index < -0.39 is 0 Å².